The van der Waals surface area contributed by atoms with Crippen molar-refractivity contribution in [3.63, 3.8) is 0 Å². The van der Waals surface area contributed by atoms with Crippen LogP contribution in [0.1, 0.15) is 23.6 Å². The SMILES string of the molecule is COC(C(=O)OC(C)C(F)(F)F)(c1ccccc1)c1cccc(C(F)(F)F)c1. The van der Waals surface area contributed by atoms with Crippen LogP contribution in [0.4, 0.5) is 26.3 Å². The van der Waals surface area contributed by atoms with Crippen molar-refractivity contribution in [2.24, 2.45) is 0 Å². The van der Waals surface area contributed by atoms with Gasteiger partial charge in [0.2, 0.25) is 5.60 Å². The van der Waals surface area contributed by atoms with E-state index in [1.165, 1.54) is 24.3 Å². The largest absolute Gasteiger partial charge is 0.450 e. The van der Waals surface area contributed by atoms with Crippen LogP contribution in [0, 0.1) is 0 Å². The van der Waals surface area contributed by atoms with E-state index in [9.17, 15) is 31.1 Å². The van der Waals surface area contributed by atoms with E-state index in [2.05, 4.69) is 4.74 Å². The molecule has 0 bridgehead atoms. The first kappa shape index (κ1) is 21.7. The molecule has 0 saturated carbocycles. The summed E-state index contributed by atoms with van der Waals surface area (Å²) < 4.78 is 87.7. The fourth-order valence-electron chi connectivity index (χ4n) is 2.62. The number of carbonyl (C=O) groups is 1. The molecular weight excluding hydrogens is 390 g/mol. The van der Waals surface area contributed by atoms with Gasteiger partial charge in [-0.3, -0.25) is 0 Å². The zero-order valence-electron chi connectivity index (χ0n) is 14.8. The fourth-order valence-corrected chi connectivity index (χ4v) is 2.62. The molecule has 0 N–H and O–H groups in total. The number of alkyl halides is 6. The van der Waals surface area contributed by atoms with Crippen LogP contribution in [0.3, 0.4) is 0 Å². The van der Waals surface area contributed by atoms with E-state index in [0.717, 1.165) is 25.3 Å². The minimum atomic E-state index is -4.85. The van der Waals surface area contributed by atoms with Gasteiger partial charge in [-0.15, -0.1) is 0 Å². The molecule has 2 rings (SSSR count). The summed E-state index contributed by atoms with van der Waals surface area (Å²) in [5.74, 6) is -1.48. The second kappa shape index (κ2) is 7.83. The maximum Gasteiger partial charge on any atom is 0.425 e. The zero-order chi connectivity index (χ0) is 21.2. The molecule has 0 spiro atoms. The fraction of sp³-hybridized carbons (Fsp3) is 0.316. The van der Waals surface area contributed by atoms with Crippen LogP contribution < -0.4 is 0 Å². The molecule has 0 amide bonds. The Morgan fingerprint density at radius 2 is 1.39 bits per heavy atom. The lowest BCUT2D eigenvalue weighted by Gasteiger charge is -2.33. The van der Waals surface area contributed by atoms with Gasteiger partial charge in [-0.05, 0) is 24.6 Å². The van der Waals surface area contributed by atoms with Crippen molar-refractivity contribution in [2.75, 3.05) is 7.11 Å². The van der Waals surface area contributed by atoms with E-state index in [4.69, 9.17) is 4.74 Å². The van der Waals surface area contributed by atoms with Gasteiger partial charge in [-0.1, -0.05) is 42.5 Å². The van der Waals surface area contributed by atoms with E-state index in [1.54, 1.807) is 6.07 Å². The Kier molecular flexibility index (Phi) is 6.08. The van der Waals surface area contributed by atoms with E-state index in [0.29, 0.717) is 13.0 Å². The molecular formula is C19H16F6O3. The lowest BCUT2D eigenvalue weighted by Crippen LogP contribution is -2.44. The highest BCUT2D eigenvalue weighted by Gasteiger charge is 2.49. The molecule has 0 radical (unpaired) electrons. The van der Waals surface area contributed by atoms with Crippen LogP contribution >= 0.6 is 0 Å². The average Bonchev–Trinajstić information content (AvgIpc) is 2.62. The summed E-state index contributed by atoms with van der Waals surface area (Å²) in [5.41, 5.74) is -3.69. The van der Waals surface area contributed by atoms with Crippen molar-refractivity contribution in [3.8, 4) is 0 Å². The minimum Gasteiger partial charge on any atom is -0.450 e. The summed E-state index contributed by atoms with van der Waals surface area (Å²) in [5, 5.41) is 0. The normalized spacial score (nSPS) is 15.6. The van der Waals surface area contributed by atoms with Gasteiger partial charge >= 0.3 is 18.3 Å². The number of methoxy groups -OCH3 is 1. The number of ether oxygens (including phenoxy) is 2. The van der Waals surface area contributed by atoms with Crippen molar-refractivity contribution in [1.29, 1.82) is 0 Å². The summed E-state index contributed by atoms with van der Waals surface area (Å²) in [6.45, 7) is 0.620. The standard InChI is InChI=1S/C19H16F6O3/c1-12(18(20,21)22)28-16(26)17(27-2,13-7-4-3-5-8-13)14-9-6-10-15(11-14)19(23,24)25/h3-12H,1-2H3. The highest BCUT2D eigenvalue weighted by atomic mass is 19.4. The highest BCUT2D eigenvalue weighted by molar-refractivity contribution is 5.86. The zero-order valence-corrected chi connectivity index (χ0v) is 14.8. The minimum absolute atomic E-state index is 0.0243. The summed E-state index contributed by atoms with van der Waals surface area (Å²) in [4.78, 5) is 12.8. The van der Waals surface area contributed by atoms with Gasteiger partial charge in [0, 0.05) is 12.7 Å². The molecule has 2 aromatic carbocycles. The molecule has 0 aliphatic heterocycles. The number of hydrogen-bond donors (Lipinski definition) is 0. The molecule has 28 heavy (non-hydrogen) atoms. The first-order valence-electron chi connectivity index (χ1n) is 7.99. The summed E-state index contributed by atoms with van der Waals surface area (Å²) >= 11 is 0. The van der Waals surface area contributed by atoms with E-state index in [1.807, 2.05) is 0 Å². The van der Waals surface area contributed by atoms with Gasteiger partial charge < -0.3 is 9.47 Å². The monoisotopic (exact) mass is 406 g/mol. The Hall–Kier alpha value is -2.55. The Bertz CT molecular complexity index is 816. The molecule has 2 aromatic rings. The first-order valence-corrected chi connectivity index (χ1v) is 7.99. The molecule has 152 valence electrons. The maximum absolute atomic E-state index is 13.1. The van der Waals surface area contributed by atoms with Crippen molar-refractivity contribution >= 4 is 5.97 Å². The molecule has 0 saturated heterocycles. The van der Waals surface area contributed by atoms with Crippen LogP contribution in [0.2, 0.25) is 0 Å². The Morgan fingerprint density at radius 3 is 1.89 bits per heavy atom. The second-order valence-corrected chi connectivity index (χ2v) is 5.92. The van der Waals surface area contributed by atoms with Crippen molar-refractivity contribution < 1.29 is 40.6 Å². The van der Waals surface area contributed by atoms with Crippen LogP contribution in [-0.2, 0) is 26.0 Å². The topological polar surface area (TPSA) is 35.5 Å². The molecule has 2 atom stereocenters. The van der Waals surface area contributed by atoms with Crippen molar-refractivity contribution in [3.05, 3.63) is 71.3 Å². The maximum atomic E-state index is 13.1. The van der Waals surface area contributed by atoms with Crippen molar-refractivity contribution in [2.45, 2.75) is 31.0 Å². The van der Waals surface area contributed by atoms with Crippen LogP contribution in [-0.4, -0.2) is 25.4 Å². The van der Waals surface area contributed by atoms with Crippen LogP contribution in [0.25, 0.3) is 0 Å². The number of rotatable bonds is 5. The second-order valence-electron chi connectivity index (χ2n) is 5.92. The summed E-state index contributed by atoms with van der Waals surface area (Å²) in [7, 11) is 1.01. The van der Waals surface area contributed by atoms with Gasteiger partial charge in [-0.25, -0.2) is 4.79 Å². The Morgan fingerprint density at radius 1 is 0.857 bits per heavy atom. The van der Waals surface area contributed by atoms with Gasteiger partial charge in [0.1, 0.15) is 0 Å². The third kappa shape index (κ3) is 4.30. The summed E-state index contributed by atoms with van der Waals surface area (Å²) in [6, 6.07) is 10.8. The quantitative estimate of drug-likeness (QED) is 0.513. The predicted octanol–water partition coefficient (Wildman–Crippen LogP) is 5.09. The number of halogens is 6. The van der Waals surface area contributed by atoms with Gasteiger partial charge in [0.05, 0.1) is 5.56 Å². The molecule has 0 aromatic heterocycles. The Labute approximate surface area is 156 Å². The number of benzene rings is 2. The lowest BCUT2D eigenvalue weighted by molar-refractivity contribution is -0.225. The van der Waals surface area contributed by atoms with E-state index < -0.39 is 35.6 Å². The van der Waals surface area contributed by atoms with Crippen LogP contribution in [0.5, 0.6) is 0 Å². The average molecular weight is 406 g/mol. The van der Waals surface area contributed by atoms with Gasteiger partial charge in [-0.2, -0.15) is 26.3 Å². The molecule has 2 unspecified atom stereocenters. The number of hydrogen-bond acceptors (Lipinski definition) is 3. The molecule has 3 nitrogen and oxygen atoms in total. The highest BCUT2D eigenvalue weighted by Crippen LogP contribution is 2.39. The molecule has 0 aliphatic carbocycles. The smallest absolute Gasteiger partial charge is 0.425 e. The molecule has 9 heteroatoms. The lowest BCUT2D eigenvalue weighted by atomic mass is 9.85. The van der Waals surface area contributed by atoms with Gasteiger partial charge in [0.15, 0.2) is 6.10 Å². The van der Waals surface area contributed by atoms with E-state index in [-0.39, 0.29) is 11.1 Å². The predicted molar refractivity (Wildman–Crippen MR) is 87.3 cm³/mol. The summed E-state index contributed by atoms with van der Waals surface area (Å²) in [6.07, 6.45) is -12.1. The number of esters is 1. The third-order valence-corrected chi connectivity index (χ3v) is 4.12. The van der Waals surface area contributed by atoms with Crippen LogP contribution in [0.15, 0.2) is 54.6 Å². The Balaban J connectivity index is 2.65. The van der Waals surface area contributed by atoms with E-state index >= 15 is 0 Å². The van der Waals surface area contributed by atoms with Crippen molar-refractivity contribution in [1.82, 2.24) is 0 Å². The molecule has 0 heterocycles. The third-order valence-electron chi connectivity index (χ3n) is 4.12. The first-order chi connectivity index (χ1) is 12.9. The van der Waals surface area contributed by atoms with Gasteiger partial charge in [0.25, 0.3) is 0 Å². The molecule has 0 aliphatic rings. The number of carbonyl (C=O) groups excluding carboxylic acids is 1. The molecule has 0 fully saturated rings.